The number of benzene rings is 1. The summed E-state index contributed by atoms with van der Waals surface area (Å²) in [4.78, 5) is 38.7. The fraction of sp³-hybridized carbons (Fsp3) is 0.519. The molecule has 1 aromatic heterocycles. The number of ether oxygens (including phenoxy) is 2. The van der Waals surface area contributed by atoms with Crippen LogP contribution in [0.3, 0.4) is 0 Å². The highest BCUT2D eigenvalue weighted by Gasteiger charge is 2.51. The molecule has 2 N–H and O–H groups in total. The number of carboxylic acids is 1. The molecule has 2 saturated carbocycles. The summed E-state index contributed by atoms with van der Waals surface area (Å²) in [5.41, 5.74) is 1.49. The van der Waals surface area contributed by atoms with E-state index in [1.165, 1.54) is 18.4 Å². The molecule has 2 amide bonds. The Morgan fingerprint density at radius 3 is 2.65 bits per heavy atom. The fourth-order valence-electron chi connectivity index (χ4n) is 5.92. The molecule has 2 aromatic rings. The van der Waals surface area contributed by atoms with Gasteiger partial charge in [0.05, 0.1) is 7.11 Å². The molecular formula is C27H31NO8S. The summed E-state index contributed by atoms with van der Waals surface area (Å²) in [7, 11) is 1.50. The number of aryl methyl sites for hydroxylation is 1. The number of amides is 2. The number of nitrogens with zero attached hydrogens (tertiary/aromatic N) is 1. The summed E-state index contributed by atoms with van der Waals surface area (Å²) < 4.78 is 16.9. The first-order chi connectivity index (χ1) is 17.9. The van der Waals surface area contributed by atoms with Crippen LogP contribution in [0.25, 0.3) is 11.3 Å². The number of fused-ring (bicyclic) bond motifs is 2. The van der Waals surface area contributed by atoms with E-state index >= 15 is 0 Å². The fourth-order valence-corrected chi connectivity index (χ4v) is 6.95. The molecule has 2 bridgehead atoms. The van der Waals surface area contributed by atoms with E-state index < -0.39 is 17.8 Å². The molecule has 4 unspecified atom stereocenters. The average molecular weight is 530 g/mol. The topological polar surface area (TPSA) is 127 Å². The number of rotatable bonds is 11. The highest BCUT2D eigenvalue weighted by atomic mass is 32.2. The van der Waals surface area contributed by atoms with Crippen molar-refractivity contribution in [2.24, 2.45) is 11.8 Å². The van der Waals surface area contributed by atoms with E-state index in [2.05, 4.69) is 0 Å². The van der Waals surface area contributed by atoms with Crippen molar-refractivity contribution < 1.29 is 38.5 Å². The molecule has 1 aromatic carbocycles. The number of thioether (sulfide) groups is 1. The Hall–Kier alpha value is -2.98. The molecule has 3 aliphatic rings. The van der Waals surface area contributed by atoms with Gasteiger partial charge in [-0.2, -0.15) is 0 Å². The van der Waals surface area contributed by atoms with Gasteiger partial charge in [0.25, 0.3) is 5.24 Å². The van der Waals surface area contributed by atoms with E-state index in [1.54, 1.807) is 18.2 Å². The number of methoxy groups -OCH3 is 1. The molecule has 2 heterocycles. The van der Waals surface area contributed by atoms with Gasteiger partial charge in [-0.3, -0.25) is 14.5 Å². The normalized spacial score (nSPS) is 24.8. The quantitative estimate of drug-likeness (QED) is 0.442. The Morgan fingerprint density at radius 2 is 1.97 bits per heavy atom. The van der Waals surface area contributed by atoms with Crippen molar-refractivity contribution in [1.29, 1.82) is 0 Å². The number of aliphatic hydroxyl groups is 1. The number of carbonyl (C=O) groups is 3. The predicted octanol–water partition coefficient (Wildman–Crippen LogP) is 4.14. The number of aliphatic carboxylic acids is 1. The molecule has 1 aliphatic heterocycles. The smallest absolute Gasteiger partial charge is 0.341 e. The number of carbonyl (C=O) groups excluding carboxylic acids is 2. The summed E-state index contributed by atoms with van der Waals surface area (Å²) >= 11 is 1.08. The molecule has 1 saturated heterocycles. The third-order valence-electron chi connectivity index (χ3n) is 7.62. The summed E-state index contributed by atoms with van der Waals surface area (Å²) in [6, 6.07) is 6.90. The summed E-state index contributed by atoms with van der Waals surface area (Å²) in [6.07, 6.45) is 5.68. The highest BCUT2D eigenvalue weighted by molar-refractivity contribution is 8.15. The maximum absolute atomic E-state index is 13.4. The Labute approximate surface area is 219 Å². The zero-order valence-corrected chi connectivity index (χ0v) is 21.5. The lowest BCUT2D eigenvalue weighted by Gasteiger charge is -2.29. The Morgan fingerprint density at radius 1 is 1.16 bits per heavy atom. The number of hydrogen-bond acceptors (Lipinski definition) is 8. The van der Waals surface area contributed by atoms with Crippen LogP contribution < -0.4 is 9.47 Å². The van der Waals surface area contributed by atoms with Gasteiger partial charge in [-0.25, -0.2) is 4.79 Å². The van der Waals surface area contributed by atoms with Gasteiger partial charge in [0.15, 0.2) is 6.61 Å². The van der Waals surface area contributed by atoms with E-state index in [1.807, 2.05) is 6.07 Å². The molecular weight excluding hydrogens is 498 g/mol. The molecule has 9 nitrogen and oxygen atoms in total. The lowest BCUT2D eigenvalue weighted by molar-refractivity contribution is -0.139. The van der Waals surface area contributed by atoms with E-state index in [-0.39, 0.29) is 30.2 Å². The van der Waals surface area contributed by atoms with Crippen LogP contribution in [0.4, 0.5) is 4.79 Å². The maximum atomic E-state index is 13.4. The molecule has 0 radical (unpaired) electrons. The minimum atomic E-state index is -1.09. The largest absolute Gasteiger partial charge is 0.497 e. The molecule has 4 atom stereocenters. The molecule has 2 aliphatic carbocycles. The van der Waals surface area contributed by atoms with E-state index in [0.29, 0.717) is 53.3 Å². The maximum Gasteiger partial charge on any atom is 0.341 e. The molecule has 198 valence electrons. The van der Waals surface area contributed by atoms with Gasteiger partial charge in [-0.15, -0.1) is 0 Å². The van der Waals surface area contributed by atoms with Crippen molar-refractivity contribution in [2.45, 2.75) is 56.2 Å². The molecule has 3 fully saturated rings. The van der Waals surface area contributed by atoms with Crippen molar-refractivity contribution in [3.63, 3.8) is 0 Å². The highest BCUT2D eigenvalue weighted by Crippen LogP contribution is 2.49. The Bertz CT molecular complexity index is 1190. The van der Waals surface area contributed by atoms with Crippen LogP contribution in [-0.2, 0) is 22.4 Å². The van der Waals surface area contributed by atoms with E-state index in [9.17, 15) is 19.5 Å². The van der Waals surface area contributed by atoms with E-state index in [4.69, 9.17) is 19.0 Å². The number of furan rings is 1. The minimum absolute atomic E-state index is 0.0138. The summed E-state index contributed by atoms with van der Waals surface area (Å²) in [5.74, 6) is 1.74. The monoisotopic (exact) mass is 529 g/mol. The van der Waals surface area contributed by atoms with Crippen molar-refractivity contribution in [1.82, 2.24) is 4.90 Å². The third-order valence-corrected chi connectivity index (χ3v) is 8.67. The molecule has 37 heavy (non-hydrogen) atoms. The SMILES string of the molecule is COc1cc(OCC(=O)O)cc(-c2cc(CCCO)c(CC3SC(=O)N(C4CC5CCC4C5)C3=O)o2)c1. The van der Waals surface area contributed by atoms with Crippen LogP contribution in [0.1, 0.15) is 43.4 Å². The second kappa shape index (κ2) is 10.8. The Balaban J connectivity index is 1.39. The zero-order valence-electron chi connectivity index (χ0n) is 20.7. The van der Waals surface area contributed by atoms with Gasteiger partial charge in [0.2, 0.25) is 5.91 Å². The number of carboxylic acid groups (broad SMARTS) is 1. The van der Waals surface area contributed by atoms with Gasteiger partial charge in [-0.1, -0.05) is 18.2 Å². The molecule has 10 heteroatoms. The van der Waals surface area contributed by atoms with Gasteiger partial charge < -0.3 is 24.1 Å². The zero-order chi connectivity index (χ0) is 26.1. The first-order valence-electron chi connectivity index (χ1n) is 12.7. The van der Waals surface area contributed by atoms with Gasteiger partial charge >= 0.3 is 5.97 Å². The van der Waals surface area contributed by atoms with Crippen LogP contribution in [-0.4, -0.2) is 63.8 Å². The number of hydrogen-bond donors (Lipinski definition) is 2. The standard InChI is InChI=1S/C27H31NO8S/c1-34-19-9-18(10-20(12-19)35-14-25(30)31)22-11-17(3-2-6-29)23(36-22)13-24-26(32)28(27(33)37-24)21-8-15-4-5-16(21)7-15/h9-12,15-16,21,24,29H,2-8,13-14H2,1H3,(H,30,31). The summed E-state index contributed by atoms with van der Waals surface area (Å²) in [6.45, 7) is -0.480. The lowest BCUT2D eigenvalue weighted by atomic mass is 9.94. The third kappa shape index (κ3) is 5.36. The van der Waals surface area contributed by atoms with Gasteiger partial charge in [0.1, 0.15) is 28.3 Å². The van der Waals surface area contributed by atoms with E-state index in [0.717, 1.165) is 36.6 Å². The van der Waals surface area contributed by atoms with Gasteiger partial charge in [-0.05, 0) is 67.7 Å². The minimum Gasteiger partial charge on any atom is -0.497 e. The van der Waals surface area contributed by atoms with Crippen LogP contribution in [0.15, 0.2) is 28.7 Å². The van der Waals surface area contributed by atoms with Crippen LogP contribution in [0.2, 0.25) is 0 Å². The van der Waals surface area contributed by atoms with Crippen LogP contribution in [0, 0.1) is 11.8 Å². The second-order valence-corrected chi connectivity index (χ2v) is 11.1. The van der Waals surface area contributed by atoms with Crippen molar-refractivity contribution in [2.75, 3.05) is 20.3 Å². The van der Waals surface area contributed by atoms with Crippen molar-refractivity contribution >= 4 is 28.9 Å². The molecule has 0 spiro atoms. The van der Waals surface area contributed by atoms with Crippen LogP contribution in [0.5, 0.6) is 11.5 Å². The second-order valence-electron chi connectivity index (χ2n) is 9.99. The first kappa shape index (κ1) is 25.7. The van der Waals surface area contributed by atoms with Gasteiger partial charge in [0, 0.05) is 30.7 Å². The average Bonchev–Trinajstić information content (AvgIpc) is 3.66. The first-order valence-corrected chi connectivity index (χ1v) is 13.5. The summed E-state index contributed by atoms with van der Waals surface area (Å²) in [5, 5.41) is 17.6. The lowest BCUT2D eigenvalue weighted by Crippen LogP contribution is -2.43. The van der Waals surface area contributed by atoms with Crippen molar-refractivity contribution in [3.8, 4) is 22.8 Å². The predicted molar refractivity (Wildman–Crippen MR) is 136 cm³/mol. The molecule has 5 rings (SSSR count). The van der Waals surface area contributed by atoms with Crippen molar-refractivity contribution in [3.05, 3.63) is 35.6 Å². The Kier molecular flexibility index (Phi) is 7.48. The number of aliphatic hydroxyl groups excluding tert-OH is 1. The number of imide groups is 1. The van der Waals surface area contributed by atoms with Crippen LogP contribution >= 0.6 is 11.8 Å².